The van der Waals surface area contributed by atoms with Crippen LogP contribution in [0.15, 0.2) is 42.7 Å². The predicted molar refractivity (Wildman–Crippen MR) is 134 cm³/mol. The number of ether oxygens (including phenoxy) is 1. The number of fused-ring (bicyclic) bond motifs is 1. The van der Waals surface area contributed by atoms with Crippen molar-refractivity contribution < 1.29 is 13.9 Å². The molecule has 4 aromatic rings. The molecule has 1 saturated heterocycles. The number of Topliss-reactive ketones (excluding diaryl/α,β-unsaturated/α-hetero) is 1. The van der Waals surface area contributed by atoms with E-state index in [1.165, 1.54) is 25.8 Å². The van der Waals surface area contributed by atoms with E-state index in [2.05, 4.69) is 26.0 Å². The molecule has 1 fully saturated rings. The van der Waals surface area contributed by atoms with E-state index in [0.29, 0.717) is 5.75 Å². The zero-order valence-corrected chi connectivity index (χ0v) is 20.2. The molecule has 1 aliphatic rings. The number of hydrogen-bond donors (Lipinski definition) is 0. The number of anilines is 1. The molecule has 2 aromatic heterocycles. The van der Waals surface area contributed by atoms with Gasteiger partial charge in [-0.1, -0.05) is 12.1 Å². The molecule has 0 atom stereocenters. The maximum absolute atomic E-state index is 14.6. The summed E-state index contributed by atoms with van der Waals surface area (Å²) in [5.74, 6) is -0.204. The third kappa shape index (κ3) is 4.36. The van der Waals surface area contributed by atoms with Crippen molar-refractivity contribution in [1.82, 2.24) is 19.7 Å². The SMILES string of the molecule is COc1cccc(F)c1-c1nccc(C(=O)Cc2cc(C)c3nn(C)cc3c2N2CCCCC2)n1. The van der Waals surface area contributed by atoms with E-state index in [1.54, 1.807) is 18.2 Å². The number of nitrogens with zero attached hydrogens (tertiary/aromatic N) is 5. The quantitative estimate of drug-likeness (QED) is 0.371. The fourth-order valence-electron chi connectivity index (χ4n) is 4.94. The first-order chi connectivity index (χ1) is 17.0. The highest BCUT2D eigenvalue weighted by Gasteiger charge is 2.23. The number of benzene rings is 2. The number of methoxy groups -OCH3 is 1. The Hall–Kier alpha value is -3.81. The Morgan fingerprint density at radius 1 is 1.17 bits per heavy atom. The lowest BCUT2D eigenvalue weighted by molar-refractivity contribution is 0.0988. The number of hydrogen-bond acceptors (Lipinski definition) is 6. The third-order valence-electron chi connectivity index (χ3n) is 6.54. The number of piperidine rings is 1. The molecule has 7 nitrogen and oxygen atoms in total. The van der Waals surface area contributed by atoms with Gasteiger partial charge in [0, 0.05) is 44.3 Å². The number of halogens is 1. The van der Waals surface area contributed by atoms with E-state index >= 15 is 0 Å². The van der Waals surface area contributed by atoms with Crippen molar-refractivity contribution in [1.29, 1.82) is 0 Å². The molecule has 5 rings (SSSR count). The van der Waals surface area contributed by atoms with E-state index in [0.717, 1.165) is 53.6 Å². The van der Waals surface area contributed by atoms with E-state index in [1.807, 2.05) is 24.9 Å². The van der Waals surface area contributed by atoms with Crippen molar-refractivity contribution in [2.45, 2.75) is 32.6 Å². The topological polar surface area (TPSA) is 73.1 Å². The van der Waals surface area contributed by atoms with Crippen LogP contribution in [0.2, 0.25) is 0 Å². The van der Waals surface area contributed by atoms with Gasteiger partial charge in [0.1, 0.15) is 17.3 Å². The zero-order valence-electron chi connectivity index (χ0n) is 20.2. The van der Waals surface area contributed by atoms with Crippen LogP contribution in [0.1, 0.15) is 40.9 Å². The molecule has 2 aromatic carbocycles. The van der Waals surface area contributed by atoms with Crippen LogP contribution in [-0.4, -0.2) is 45.7 Å². The first-order valence-corrected chi connectivity index (χ1v) is 11.9. The van der Waals surface area contributed by atoms with E-state index in [4.69, 9.17) is 4.74 Å². The molecule has 180 valence electrons. The number of rotatable bonds is 6. The zero-order chi connectivity index (χ0) is 24.5. The van der Waals surface area contributed by atoms with Crippen molar-refractivity contribution in [3.63, 3.8) is 0 Å². The Kier molecular flexibility index (Phi) is 6.19. The maximum atomic E-state index is 14.6. The Labute approximate surface area is 203 Å². The number of aromatic nitrogens is 4. The Bertz CT molecular complexity index is 1410. The van der Waals surface area contributed by atoms with E-state index < -0.39 is 5.82 Å². The minimum Gasteiger partial charge on any atom is -0.496 e. The number of carbonyl (C=O) groups is 1. The summed E-state index contributed by atoms with van der Waals surface area (Å²) in [6.45, 7) is 3.94. The molecule has 0 saturated carbocycles. The van der Waals surface area contributed by atoms with Crippen molar-refractivity contribution in [3.05, 3.63) is 65.4 Å². The summed E-state index contributed by atoms with van der Waals surface area (Å²) in [4.78, 5) is 24.5. The van der Waals surface area contributed by atoms with Gasteiger partial charge in [-0.2, -0.15) is 5.10 Å². The molecule has 8 heteroatoms. The lowest BCUT2D eigenvalue weighted by atomic mass is 9.97. The van der Waals surface area contributed by atoms with Gasteiger partial charge >= 0.3 is 0 Å². The van der Waals surface area contributed by atoms with Crippen LogP contribution < -0.4 is 9.64 Å². The highest BCUT2D eigenvalue weighted by molar-refractivity contribution is 6.01. The lowest BCUT2D eigenvalue weighted by Gasteiger charge is -2.31. The minimum atomic E-state index is -0.501. The first-order valence-electron chi connectivity index (χ1n) is 11.9. The van der Waals surface area contributed by atoms with Crippen LogP contribution in [-0.2, 0) is 13.5 Å². The monoisotopic (exact) mass is 473 g/mol. The van der Waals surface area contributed by atoms with Crippen molar-refractivity contribution in [2.75, 3.05) is 25.1 Å². The molecule has 0 unspecified atom stereocenters. The van der Waals surface area contributed by atoms with Crippen LogP contribution in [0.5, 0.6) is 5.75 Å². The second kappa shape index (κ2) is 9.44. The van der Waals surface area contributed by atoms with Crippen LogP contribution in [0.3, 0.4) is 0 Å². The summed E-state index contributed by atoms with van der Waals surface area (Å²) >= 11 is 0. The molecule has 1 aliphatic heterocycles. The molecule has 0 spiro atoms. The molecular weight excluding hydrogens is 445 g/mol. The fourth-order valence-corrected chi connectivity index (χ4v) is 4.94. The second-order valence-corrected chi connectivity index (χ2v) is 9.00. The summed E-state index contributed by atoms with van der Waals surface area (Å²) < 4.78 is 21.7. The van der Waals surface area contributed by atoms with Gasteiger partial charge in [-0.3, -0.25) is 9.48 Å². The summed E-state index contributed by atoms with van der Waals surface area (Å²) in [7, 11) is 3.38. The molecule has 0 N–H and O–H groups in total. The second-order valence-electron chi connectivity index (χ2n) is 9.00. The Balaban J connectivity index is 1.54. The predicted octanol–water partition coefficient (Wildman–Crippen LogP) is 4.90. The van der Waals surface area contributed by atoms with Gasteiger partial charge in [-0.25, -0.2) is 14.4 Å². The lowest BCUT2D eigenvalue weighted by Crippen LogP contribution is -2.30. The smallest absolute Gasteiger partial charge is 0.185 e. The highest BCUT2D eigenvalue weighted by atomic mass is 19.1. The molecule has 0 bridgehead atoms. The normalized spacial score (nSPS) is 13.9. The fraction of sp³-hybridized carbons (Fsp3) is 0.333. The third-order valence-corrected chi connectivity index (χ3v) is 6.54. The van der Waals surface area contributed by atoms with Gasteiger partial charge in [0.25, 0.3) is 0 Å². The van der Waals surface area contributed by atoms with Crippen LogP contribution in [0.25, 0.3) is 22.3 Å². The standard InChI is InChI=1S/C27H28FN5O2/c1-17-14-18(26(33-12-5-4-6-13-33)19-16-32(2)31-25(17)19)15-22(34)21-10-11-29-27(30-21)24-20(28)8-7-9-23(24)35-3/h7-11,14,16H,4-6,12-13,15H2,1-3H3. The van der Waals surface area contributed by atoms with Gasteiger partial charge in [-0.15, -0.1) is 0 Å². The first kappa shape index (κ1) is 23.0. The van der Waals surface area contributed by atoms with Crippen LogP contribution >= 0.6 is 0 Å². The summed E-state index contributed by atoms with van der Waals surface area (Å²) in [6, 6.07) is 8.18. The van der Waals surface area contributed by atoms with Crippen molar-refractivity contribution in [3.8, 4) is 17.1 Å². The number of carbonyl (C=O) groups excluding carboxylic acids is 1. The Morgan fingerprint density at radius 3 is 2.74 bits per heavy atom. The van der Waals surface area contributed by atoms with E-state index in [-0.39, 0.29) is 29.3 Å². The number of aryl methyl sites for hydroxylation is 2. The Morgan fingerprint density at radius 2 is 1.97 bits per heavy atom. The summed E-state index contributed by atoms with van der Waals surface area (Å²) in [5, 5.41) is 5.72. The maximum Gasteiger partial charge on any atom is 0.185 e. The highest BCUT2D eigenvalue weighted by Crippen LogP contribution is 2.35. The van der Waals surface area contributed by atoms with Crippen molar-refractivity contribution >= 4 is 22.4 Å². The van der Waals surface area contributed by atoms with Gasteiger partial charge in [0.05, 0.1) is 23.9 Å². The molecule has 0 aliphatic carbocycles. The minimum absolute atomic E-state index is 0.126. The van der Waals surface area contributed by atoms with Gasteiger partial charge < -0.3 is 9.64 Å². The number of ketones is 1. The molecule has 35 heavy (non-hydrogen) atoms. The summed E-state index contributed by atoms with van der Waals surface area (Å²) in [6.07, 6.45) is 7.18. The molecule has 3 heterocycles. The van der Waals surface area contributed by atoms with Gasteiger partial charge in [0.2, 0.25) is 0 Å². The molecule has 0 amide bonds. The average molecular weight is 474 g/mol. The van der Waals surface area contributed by atoms with Gasteiger partial charge in [-0.05, 0) is 55.5 Å². The average Bonchev–Trinajstić information content (AvgIpc) is 3.26. The van der Waals surface area contributed by atoms with E-state index in [9.17, 15) is 9.18 Å². The molecule has 0 radical (unpaired) electrons. The molecular formula is C27H28FN5O2. The van der Waals surface area contributed by atoms with Crippen molar-refractivity contribution in [2.24, 2.45) is 7.05 Å². The summed E-state index contributed by atoms with van der Waals surface area (Å²) in [5.41, 5.74) is 4.42. The largest absolute Gasteiger partial charge is 0.496 e. The van der Waals surface area contributed by atoms with Crippen LogP contribution in [0, 0.1) is 12.7 Å². The van der Waals surface area contributed by atoms with Gasteiger partial charge in [0.15, 0.2) is 11.6 Å². The van der Waals surface area contributed by atoms with Crippen LogP contribution in [0.4, 0.5) is 10.1 Å².